The summed E-state index contributed by atoms with van der Waals surface area (Å²) in [4.78, 5) is 11.9. The van der Waals surface area contributed by atoms with E-state index in [-0.39, 0.29) is 5.75 Å². The van der Waals surface area contributed by atoms with Crippen molar-refractivity contribution in [1.29, 1.82) is 0 Å². The van der Waals surface area contributed by atoms with Crippen LogP contribution in [0.3, 0.4) is 0 Å². The second-order valence-electron chi connectivity index (χ2n) is 4.67. The lowest BCUT2D eigenvalue weighted by atomic mass is 10.2. The monoisotopic (exact) mass is 366 g/mol. The molecule has 0 fully saturated rings. The number of carbonyl (C=O) groups excluding carboxylic acids is 1. The summed E-state index contributed by atoms with van der Waals surface area (Å²) in [5.74, 6) is 0.880. The molecule has 0 spiro atoms. The maximum atomic E-state index is 11.9. The molecule has 0 atom stereocenters. The second-order valence-corrected chi connectivity index (χ2v) is 5.52. The molecule has 0 N–H and O–H groups in total. The van der Waals surface area contributed by atoms with Crippen LogP contribution in [-0.2, 0) is 4.79 Å². The van der Waals surface area contributed by atoms with E-state index in [1.807, 2.05) is 13.0 Å². The molecule has 126 valence electrons. The smallest absolute Gasteiger partial charge is 0.336 e. The van der Waals surface area contributed by atoms with E-state index in [9.17, 15) is 4.79 Å². The summed E-state index contributed by atoms with van der Waals surface area (Å²) in [7, 11) is 1.56. The van der Waals surface area contributed by atoms with E-state index in [0.29, 0.717) is 28.2 Å². The zero-order valence-corrected chi connectivity index (χ0v) is 14.7. The summed E-state index contributed by atoms with van der Waals surface area (Å²) in [6.45, 7) is 2.43. The molecular formula is C18H16Cl2O4. The molecule has 4 nitrogen and oxygen atoms in total. The Morgan fingerprint density at radius 1 is 1.08 bits per heavy atom. The number of ether oxygens (including phenoxy) is 3. The van der Waals surface area contributed by atoms with Crippen molar-refractivity contribution in [2.45, 2.75) is 6.92 Å². The van der Waals surface area contributed by atoms with Crippen molar-refractivity contribution in [1.82, 2.24) is 0 Å². The Kier molecular flexibility index (Phi) is 6.53. The largest absolute Gasteiger partial charge is 0.493 e. The quantitative estimate of drug-likeness (QED) is 0.409. The van der Waals surface area contributed by atoms with Gasteiger partial charge in [-0.15, -0.1) is 0 Å². The molecule has 2 rings (SSSR count). The molecule has 0 aliphatic carbocycles. The van der Waals surface area contributed by atoms with Crippen LogP contribution < -0.4 is 14.2 Å². The minimum atomic E-state index is -0.563. The topological polar surface area (TPSA) is 44.8 Å². The highest BCUT2D eigenvalue weighted by molar-refractivity contribution is 6.34. The van der Waals surface area contributed by atoms with Crippen LogP contribution >= 0.6 is 23.2 Å². The third kappa shape index (κ3) is 4.91. The maximum absolute atomic E-state index is 11.9. The molecule has 0 saturated heterocycles. The third-order valence-corrected chi connectivity index (χ3v) is 3.55. The first-order valence-corrected chi connectivity index (χ1v) is 7.95. The summed E-state index contributed by atoms with van der Waals surface area (Å²) < 4.78 is 15.9. The van der Waals surface area contributed by atoms with E-state index < -0.39 is 5.97 Å². The molecule has 0 aromatic heterocycles. The molecular weight excluding hydrogens is 351 g/mol. The van der Waals surface area contributed by atoms with Gasteiger partial charge in [-0.2, -0.15) is 0 Å². The van der Waals surface area contributed by atoms with Gasteiger partial charge in [0.05, 0.1) is 18.7 Å². The molecule has 24 heavy (non-hydrogen) atoms. The van der Waals surface area contributed by atoms with Crippen molar-refractivity contribution in [3.63, 3.8) is 0 Å². The number of carbonyl (C=O) groups is 1. The van der Waals surface area contributed by atoms with Crippen LogP contribution in [0, 0.1) is 0 Å². The van der Waals surface area contributed by atoms with Gasteiger partial charge in [0.25, 0.3) is 0 Å². The summed E-state index contributed by atoms with van der Waals surface area (Å²) in [6, 6.07) is 10.0. The first-order chi connectivity index (χ1) is 11.5. The predicted molar refractivity (Wildman–Crippen MR) is 95.3 cm³/mol. The van der Waals surface area contributed by atoms with Crippen LogP contribution in [0.25, 0.3) is 6.08 Å². The average Bonchev–Trinajstić information content (AvgIpc) is 2.57. The van der Waals surface area contributed by atoms with E-state index in [2.05, 4.69) is 0 Å². The highest BCUT2D eigenvalue weighted by Crippen LogP contribution is 2.29. The van der Waals surface area contributed by atoms with Crippen LogP contribution in [-0.4, -0.2) is 19.7 Å². The number of halogens is 2. The number of hydrogen-bond donors (Lipinski definition) is 0. The highest BCUT2D eigenvalue weighted by atomic mass is 35.5. The highest BCUT2D eigenvalue weighted by Gasteiger charge is 2.07. The van der Waals surface area contributed by atoms with Gasteiger partial charge in [-0.05, 0) is 42.8 Å². The first kappa shape index (κ1) is 18.2. The van der Waals surface area contributed by atoms with Crippen molar-refractivity contribution >= 4 is 35.2 Å². The van der Waals surface area contributed by atoms with Gasteiger partial charge in [0.2, 0.25) is 0 Å². The van der Waals surface area contributed by atoms with Gasteiger partial charge in [-0.1, -0.05) is 29.3 Å². The Labute approximate surface area is 150 Å². The fourth-order valence-corrected chi connectivity index (χ4v) is 2.24. The summed E-state index contributed by atoms with van der Waals surface area (Å²) >= 11 is 11.8. The van der Waals surface area contributed by atoms with Crippen molar-refractivity contribution in [3.05, 3.63) is 58.1 Å². The van der Waals surface area contributed by atoms with Crippen LogP contribution in [0.2, 0.25) is 10.0 Å². The van der Waals surface area contributed by atoms with Gasteiger partial charge < -0.3 is 14.2 Å². The minimum Gasteiger partial charge on any atom is -0.493 e. The molecule has 0 bridgehead atoms. The maximum Gasteiger partial charge on any atom is 0.336 e. The minimum absolute atomic E-state index is 0.211. The molecule has 2 aromatic carbocycles. The lowest BCUT2D eigenvalue weighted by molar-refractivity contribution is -0.128. The summed E-state index contributed by atoms with van der Waals surface area (Å²) in [5, 5.41) is 0.742. The van der Waals surface area contributed by atoms with Gasteiger partial charge in [-0.25, -0.2) is 4.79 Å². The van der Waals surface area contributed by atoms with Crippen molar-refractivity contribution in [2.24, 2.45) is 0 Å². The van der Waals surface area contributed by atoms with Crippen LogP contribution in [0.15, 0.2) is 42.5 Å². The van der Waals surface area contributed by atoms with E-state index in [1.54, 1.807) is 37.5 Å². The Hall–Kier alpha value is -2.17. The van der Waals surface area contributed by atoms with E-state index in [0.717, 1.165) is 5.56 Å². The molecule has 0 heterocycles. The summed E-state index contributed by atoms with van der Waals surface area (Å²) in [5.41, 5.74) is 0.768. The van der Waals surface area contributed by atoms with E-state index in [1.165, 1.54) is 12.1 Å². The van der Waals surface area contributed by atoms with Crippen LogP contribution in [0.1, 0.15) is 12.5 Å². The van der Waals surface area contributed by atoms with Gasteiger partial charge in [0.15, 0.2) is 17.2 Å². The molecule has 0 amide bonds. The Balaban J connectivity index is 2.09. The molecule has 0 aliphatic heterocycles. The Morgan fingerprint density at radius 3 is 2.58 bits per heavy atom. The van der Waals surface area contributed by atoms with Gasteiger partial charge in [0, 0.05) is 17.2 Å². The van der Waals surface area contributed by atoms with Crippen molar-refractivity contribution in [2.75, 3.05) is 13.7 Å². The van der Waals surface area contributed by atoms with E-state index in [4.69, 9.17) is 37.4 Å². The van der Waals surface area contributed by atoms with Crippen molar-refractivity contribution < 1.29 is 19.0 Å². The number of benzene rings is 2. The number of hydrogen-bond acceptors (Lipinski definition) is 4. The van der Waals surface area contributed by atoms with Crippen LogP contribution in [0.5, 0.6) is 17.2 Å². The first-order valence-electron chi connectivity index (χ1n) is 7.19. The number of rotatable bonds is 6. The SMILES string of the molecule is CCOc1ccc(/C=C/C(=O)Oc2cc(Cl)ccc2Cl)cc1OC. The third-order valence-electron chi connectivity index (χ3n) is 3.00. The second kappa shape index (κ2) is 8.62. The number of methoxy groups -OCH3 is 1. The number of esters is 1. The molecule has 0 unspecified atom stereocenters. The average molecular weight is 367 g/mol. The molecule has 0 aliphatic rings. The molecule has 2 aromatic rings. The van der Waals surface area contributed by atoms with Gasteiger partial charge in [0.1, 0.15) is 0 Å². The molecule has 6 heteroatoms. The van der Waals surface area contributed by atoms with Gasteiger partial charge >= 0.3 is 5.97 Å². The van der Waals surface area contributed by atoms with Crippen molar-refractivity contribution in [3.8, 4) is 17.2 Å². The lowest BCUT2D eigenvalue weighted by Gasteiger charge is -2.09. The van der Waals surface area contributed by atoms with Crippen LogP contribution in [0.4, 0.5) is 0 Å². The lowest BCUT2D eigenvalue weighted by Crippen LogP contribution is -2.04. The Bertz CT molecular complexity index is 757. The molecule has 0 saturated carbocycles. The standard InChI is InChI=1S/C18H16Cl2O4/c1-3-23-15-8-4-12(10-17(15)22-2)5-9-18(21)24-16-11-13(19)6-7-14(16)20/h4-11H,3H2,1-2H3/b9-5+. The normalized spacial score (nSPS) is 10.7. The summed E-state index contributed by atoms with van der Waals surface area (Å²) in [6.07, 6.45) is 2.91. The van der Waals surface area contributed by atoms with E-state index >= 15 is 0 Å². The zero-order chi connectivity index (χ0) is 17.5. The fourth-order valence-electron chi connectivity index (χ4n) is 1.92. The zero-order valence-electron chi connectivity index (χ0n) is 13.2. The Morgan fingerprint density at radius 2 is 1.88 bits per heavy atom. The fraction of sp³-hybridized carbons (Fsp3) is 0.167. The van der Waals surface area contributed by atoms with Gasteiger partial charge in [-0.3, -0.25) is 0 Å². The molecule has 0 radical (unpaired) electrons. The predicted octanol–water partition coefficient (Wildman–Crippen LogP) is 5.02.